The molecular formula is C18H18N2O4. The number of hydrogen-bond acceptors (Lipinski definition) is 4. The third kappa shape index (κ3) is 5.94. The summed E-state index contributed by atoms with van der Waals surface area (Å²) in [7, 11) is 0. The molecule has 0 radical (unpaired) electrons. The van der Waals surface area contributed by atoms with Gasteiger partial charge in [-0.3, -0.25) is 14.4 Å². The number of hydroxylamine groups is 1. The maximum absolute atomic E-state index is 11.7. The Morgan fingerprint density at radius 3 is 2.46 bits per heavy atom. The average molecular weight is 326 g/mol. The molecule has 2 rings (SSSR count). The van der Waals surface area contributed by atoms with E-state index in [1.807, 2.05) is 6.07 Å². The van der Waals surface area contributed by atoms with Crippen LogP contribution in [0.1, 0.15) is 15.9 Å². The van der Waals surface area contributed by atoms with Crippen molar-refractivity contribution in [1.82, 2.24) is 10.8 Å². The first-order valence-electron chi connectivity index (χ1n) is 7.37. The number of carbonyl (C=O) groups excluding carboxylic acids is 2. The van der Waals surface area contributed by atoms with E-state index >= 15 is 0 Å². The van der Waals surface area contributed by atoms with Gasteiger partial charge in [-0.15, -0.1) is 0 Å². The van der Waals surface area contributed by atoms with Gasteiger partial charge in [-0.1, -0.05) is 30.3 Å². The van der Waals surface area contributed by atoms with Gasteiger partial charge in [-0.05, 0) is 35.9 Å². The molecule has 0 fully saturated rings. The van der Waals surface area contributed by atoms with Crippen LogP contribution < -0.4 is 10.8 Å². The Hall–Kier alpha value is -3.12. The lowest BCUT2D eigenvalue weighted by molar-refractivity contribution is -0.116. The molecule has 6 heteroatoms. The number of phenolic OH excluding ortho intramolecular Hbond substituents is 1. The molecule has 3 N–H and O–H groups in total. The largest absolute Gasteiger partial charge is 0.508 e. The summed E-state index contributed by atoms with van der Waals surface area (Å²) >= 11 is 0. The number of benzene rings is 2. The van der Waals surface area contributed by atoms with Crippen molar-refractivity contribution in [3.05, 3.63) is 71.8 Å². The second kappa shape index (κ2) is 9.12. The molecule has 0 aliphatic heterocycles. The molecule has 0 heterocycles. The summed E-state index contributed by atoms with van der Waals surface area (Å²) in [4.78, 5) is 28.3. The fourth-order valence-electron chi connectivity index (χ4n) is 1.81. The summed E-state index contributed by atoms with van der Waals surface area (Å²) in [6.07, 6.45) is 3.02. The molecule has 0 saturated carbocycles. The molecule has 0 aliphatic rings. The Kier molecular flexibility index (Phi) is 6.55. The summed E-state index contributed by atoms with van der Waals surface area (Å²) in [5.41, 5.74) is 3.60. The molecule has 6 nitrogen and oxygen atoms in total. The molecule has 0 saturated heterocycles. The van der Waals surface area contributed by atoms with Crippen LogP contribution in [0.3, 0.4) is 0 Å². The van der Waals surface area contributed by atoms with E-state index in [0.29, 0.717) is 5.56 Å². The average Bonchev–Trinajstić information content (AvgIpc) is 2.61. The minimum atomic E-state index is -0.339. The van der Waals surface area contributed by atoms with Crippen LogP contribution in [0.5, 0.6) is 5.75 Å². The number of nitrogens with one attached hydrogen (secondary N) is 2. The van der Waals surface area contributed by atoms with Gasteiger partial charge in [0.25, 0.3) is 5.91 Å². The number of carbonyl (C=O) groups is 2. The van der Waals surface area contributed by atoms with E-state index in [2.05, 4.69) is 10.8 Å². The molecular weight excluding hydrogens is 308 g/mol. The topological polar surface area (TPSA) is 87.7 Å². The van der Waals surface area contributed by atoms with Gasteiger partial charge in [0, 0.05) is 18.2 Å². The van der Waals surface area contributed by atoms with E-state index in [1.54, 1.807) is 54.6 Å². The molecule has 0 bridgehead atoms. The van der Waals surface area contributed by atoms with Crippen LogP contribution in [-0.2, 0) is 9.63 Å². The van der Waals surface area contributed by atoms with Crippen LogP contribution in [-0.4, -0.2) is 30.1 Å². The highest BCUT2D eigenvalue weighted by Crippen LogP contribution is 2.10. The predicted octanol–water partition coefficient (Wildman–Crippen LogP) is 1.88. The van der Waals surface area contributed by atoms with E-state index in [0.717, 1.165) is 5.56 Å². The molecule has 0 aromatic heterocycles. The minimum Gasteiger partial charge on any atom is -0.508 e. The number of hydrogen-bond donors (Lipinski definition) is 3. The predicted molar refractivity (Wildman–Crippen MR) is 90.0 cm³/mol. The van der Waals surface area contributed by atoms with Gasteiger partial charge < -0.3 is 10.4 Å². The highest BCUT2D eigenvalue weighted by atomic mass is 16.6. The van der Waals surface area contributed by atoms with Crippen LogP contribution in [0.2, 0.25) is 0 Å². The van der Waals surface area contributed by atoms with Crippen LogP contribution >= 0.6 is 0 Å². The molecule has 24 heavy (non-hydrogen) atoms. The van der Waals surface area contributed by atoms with Gasteiger partial charge in [-0.2, -0.15) is 0 Å². The van der Waals surface area contributed by atoms with Crippen molar-refractivity contribution in [2.45, 2.75) is 0 Å². The smallest absolute Gasteiger partial charge is 0.274 e. The fourth-order valence-corrected chi connectivity index (χ4v) is 1.81. The van der Waals surface area contributed by atoms with Gasteiger partial charge in [0.2, 0.25) is 5.91 Å². The maximum atomic E-state index is 11.7. The Balaban J connectivity index is 1.62. The molecule has 124 valence electrons. The van der Waals surface area contributed by atoms with E-state index in [-0.39, 0.29) is 30.7 Å². The van der Waals surface area contributed by atoms with Crippen molar-refractivity contribution in [3.8, 4) is 5.75 Å². The van der Waals surface area contributed by atoms with Crippen molar-refractivity contribution < 1.29 is 19.5 Å². The quantitative estimate of drug-likeness (QED) is 0.412. The molecule has 2 amide bonds. The van der Waals surface area contributed by atoms with Crippen molar-refractivity contribution in [3.63, 3.8) is 0 Å². The van der Waals surface area contributed by atoms with E-state index in [9.17, 15) is 9.59 Å². The van der Waals surface area contributed by atoms with Crippen molar-refractivity contribution >= 4 is 17.9 Å². The Morgan fingerprint density at radius 2 is 1.75 bits per heavy atom. The van der Waals surface area contributed by atoms with Gasteiger partial charge in [-0.25, -0.2) is 5.48 Å². The van der Waals surface area contributed by atoms with Gasteiger partial charge in [0.05, 0.1) is 6.61 Å². The second-order valence-corrected chi connectivity index (χ2v) is 4.86. The van der Waals surface area contributed by atoms with Crippen molar-refractivity contribution in [2.24, 2.45) is 0 Å². The Labute approximate surface area is 139 Å². The monoisotopic (exact) mass is 326 g/mol. The van der Waals surface area contributed by atoms with Crippen LogP contribution in [0.25, 0.3) is 6.08 Å². The number of aromatic hydroxyl groups is 1. The summed E-state index contributed by atoms with van der Waals surface area (Å²) in [5, 5.41) is 11.8. The first-order chi connectivity index (χ1) is 11.6. The summed E-state index contributed by atoms with van der Waals surface area (Å²) in [5.74, 6) is -0.443. The molecule has 0 aliphatic carbocycles. The van der Waals surface area contributed by atoms with E-state index in [4.69, 9.17) is 9.94 Å². The second-order valence-electron chi connectivity index (χ2n) is 4.86. The lowest BCUT2D eigenvalue weighted by Gasteiger charge is -2.06. The van der Waals surface area contributed by atoms with Crippen molar-refractivity contribution in [1.29, 1.82) is 0 Å². The third-order valence-corrected chi connectivity index (χ3v) is 3.02. The molecule has 0 atom stereocenters. The highest BCUT2D eigenvalue weighted by molar-refractivity contribution is 5.93. The zero-order valence-corrected chi connectivity index (χ0v) is 12.9. The van der Waals surface area contributed by atoms with Gasteiger partial charge in [0.1, 0.15) is 5.75 Å². The SMILES string of the molecule is O=C(/C=C/c1ccc(O)cc1)NCCONC(=O)c1ccccc1. The summed E-state index contributed by atoms with van der Waals surface area (Å²) in [6.45, 7) is 0.408. The molecule has 2 aromatic rings. The van der Waals surface area contributed by atoms with Crippen LogP contribution in [0.15, 0.2) is 60.7 Å². The zero-order chi connectivity index (χ0) is 17.2. The van der Waals surface area contributed by atoms with Gasteiger partial charge >= 0.3 is 0 Å². The number of amides is 2. The lowest BCUT2D eigenvalue weighted by Crippen LogP contribution is -2.30. The maximum Gasteiger partial charge on any atom is 0.274 e. The fraction of sp³-hybridized carbons (Fsp3) is 0.111. The van der Waals surface area contributed by atoms with Crippen LogP contribution in [0.4, 0.5) is 0 Å². The van der Waals surface area contributed by atoms with Gasteiger partial charge in [0.15, 0.2) is 0 Å². The first kappa shape index (κ1) is 17.2. The lowest BCUT2D eigenvalue weighted by atomic mass is 10.2. The van der Waals surface area contributed by atoms with Crippen molar-refractivity contribution in [2.75, 3.05) is 13.2 Å². The third-order valence-electron chi connectivity index (χ3n) is 3.02. The molecule has 2 aromatic carbocycles. The number of phenols is 1. The Morgan fingerprint density at radius 1 is 1.04 bits per heavy atom. The van der Waals surface area contributed by atoms with E-state index in [1.165, 1.54) is 6.08 Å². The molecule has 0 spiro atoms. The Bertz CT molecular complexity index is 697. The standard InChI is InChI=1S/C18H18N2O4/c21-16-9-6-14(7-10-16)8-11-17(22)19-12-13-24-20-18(23)15-4-2-1-3-5-15/h1-11,21H,12-13H2,(H,19,22)(H,20,23)/b11-8+. The first-order valence-corrected chi connectivity index (χ1v) is 7.37. The zero-order valence-electron chi connectivity index (χ0n) is 12.9. The highest BCUT2D eigenvalue weighted by Gasteiger charge is 2.03. The van der Waals surface area contributed by atoms with Crippen LogP contribution in [0, 0.1) is 0 Å². The van der Waals surface area contributed by atoms with E-state index < -0.39 is 0 Å². The summed E-state index contributed by atoms with van der Waals surface area (Å²) < 4.78 is 0. The number of rotatable bonds is 7. The summed E-state index contributed by atoms with van der Waals surface area (Å²) in [6, 6.07) is 15.2. The minimum absolute atomic E-state index is 0.150. The molecule has 0 unspecified atom stereocenters. The normalized spacial score (nSPS) is 10.5.